The zero-order chi connectivity index (χ0) is 22.6. The van der Waals surface area contributed by atoms with Crippen molar-refractivity contribution in [3.8, 4) is 0 Å². The Morgan fingerprint density at radius 3 is 2.10 bits per heavy atom. The van der Waals surface area contributed by atoms with Crippen molar-refractivity contribution in [1.82, 2.24) is 13.9 Å². The number of halogens is 1. The number of sulfonamides is 2. The van der Waals surface area contributed by atoms with E-state index in [2.05, 4.69) is 21.2 Å². The molecule has 11 heteroatoms. The van der Waals surface area contributed by atoms with Crippen LogP contribution in [0, 0.1) is 0 Å². The minimum atomic E-state index is -3.78. The molecule has 1 amide bonds. The van der Waals surface area contributed by atoms with Gasteiger partial charge in [0.05, 0.1) is 16.3 Å². The van der Waals surface area contributed by atoms with E-state index in [-0.39, 0.29) is 22.9 Å². The fourth-order valence-electron chi connectivity index (χ4n) is 3.19. The Hall–Kier alpha value is -1.79. The number of nitrogens with one attached hydrogen (secondary N) is 1. The molecule has 2 aromatic rings. The summed E-state index contributed by atoms with van der Waals surface area (Å²) in [5.74, 6) is -0.461. The fourth-order valence-corrected chi connectivity index (χ4v) is 6.10. The van der Waals surface area contributed by atoms with Crippen LogP contribution in [0.4, 0.5) is 0 Å². The smallest absolute Gasteiger partial charge is 0.243 e. The maximum absolute atomic E-state index is 12.6. The van der Waals surface area contributed by atoms with E-state index in [1.54, 1.807) is 24.3 Å². The van der Waals surface area contributed by atoms with Crippen molar-refractivity contribution in [1.29, 1.82) is 0 Å². The Kier molecular flexibility index (Phi) is 7.53. The first-order valence-corrected chi connectivity index (χ1v) is 13.4. The van der Waals surface area contributed by atoms with Crippen LogP contribution in [-0.4, -0.2) is 58.0 Å². The molecule has 3 rings (SSSR count). The first-order chi connectivity index (χ1) is 14.6. The van der Waals surface area contributed by atoms with E-state index in [4.69, 9.17) is 0 Å². The van der Waals surface area contributed by atoms with E-state index in [9.17, 15) is 21.6 Å². The molecule has 1 fully saturated rings. The molecule has 0 aromatic heterocycles. The van der Waals surface area contributed by atoms with Gasteiger partial charge in [-0.05, 0) is 54.8 Å². The van der Waals surface area contributed by atoms with Crippen LogP contribution in [0.25, 0.3) is 0 Å². The third-order valence-electron chi connectivity index (χ3n) is 5.00. The van der Waals surface area contributed by atoms with Gasteiger partial charge < -0.3 is 5.32 Å². The zero-order valence-corrected chi connectivity index (χ0v) is 20.2. The Labute approximate surface area is 191 Å². The molecule has 1 aliphatic heterocycles. The van der Waals surface area contributed by atoms with Crippen LogP contribution in [0.1, 0.15) is 18.4 Å². The van der Waals surface area contributed by atoms with Crippen molar-refractivity contribution in [2.24, 2.45) is 0 Å². The molecule has 1 aliphatic rings. The molecule has 1 N–H and O–H groups in total. The molecular weight excluding hydrogens is 506 g/mol. The Morgan fingerprint density at radius 1 is 0.968 bits per heavy atom. The van der Waals surface area contributed by atoms with Crippen LogP contribution < -0.4 is 5.32 Å². The summed E-state index contributed by atoms with van der Waals surface area (Å²) in [6.07, 6.45) is 1.74. The summed E-state index contributed by atoms with van der Waals surface area (Å²) in [6.45, 7) is 0.905. The summed E-state index contributed by atoms with van der Waals surface area (Å²) in [7, 11) is -5.92. The molecule has 0 radical (unpaired) electrons. The molecule has 168 valence electrons. The summed E-state index contributed by atoms with van der Waals surface area (Å²) in [5.41, 5.74) is 0.715. The van der Waals surface area contributed by atoms with E-state index in [0.29, 0.717) is 18.7 Å². The van der Waals surface area contributed by atoms with Gasteiger partial charge in [0.25, 0.3) is 0 Å². The minimum absolute atomic E-state index is 0.0980. The summed E-state index contributed by atoms with van der Waals surface area (Å²) >= 11 is 3.26. The number of rotatable bonds is 8. The predicted molar refractivity (Wildman–Crippen MR) is 120 cm³/mol. The van der Waals surface area contributed by atoms with Gasteiger partial charge in [-0.1, -0.05) is 28.1 Å². The molecule has 0 bridgehead atoms. The van der Waals surface area contributed by atoms with E-state index < -0.39 is 26.0 Å². The molecule has 0 spiro atoms. The lowest BCUT2D eigenvalue weighted by Crippen LogP contribution is -2.38. The molecule has 1 saturated heterocycles. The van der Waals surface area contributed by atoms with Crippen LogP contribution in [0.5, 0.6) is 0 Å². The maximum atomic E-state index is 12.6. The third-order valence-corrected chi connectivity index (χ3v) is 9.26. The third kappa shape index (κ3) is 5.72. The predicted octanol–water partition coefficient (Wildman–Crippen LogP) is 2.17. The highest BCUT2D eigenvalue weighted by Crippen LogP contribution is 2.21. The maximum Gasteiger partial charge on any atom is 0.243 e. The lowest BCUT2D eigenvalue weighted by Gasteiger charge is -2.17. The van der Waals surface area contributed by atoms with Crippen LogP contribution in [0.15, 0.2) is 62.8 Å². The molecule has 1 heterocycles. The van der Waals surface area contributed by atoms with Crippen molar-refractivity contribution < 1.29 is 21.6 Å². The van der Waals surface area contributed by atoms with Crippen LogP contribution in [0.3, 0.4) is 0 Å². The highest BCUT2D eigenvalue weighted by molar-refractivity contribution is 9.10. The van der Waals surface area contributed by atoms with E-state index in [0.717, 1.165) is 21.6 Å². The van der Waals surface area contributed by atoms with Crippen molar-refractivity contribution in [3.63, 3.8) is 0 Å². The Balaban J connectivity index is 1.56. The summed E-state index contributed by atoms with van der Waals surface area (Å²) < 4.78 is 53.5. The van der Waals surface area contributed by atoms with Gasteiger partial charge in [-0.15, -0.1) is 0 Å². The molecule has 0 saturated carbocycles. The molecule has 0 unspecified atom stereocenters. The highest BCUT2D eigenvalue weighted by Gasteiger charge is 2.27. The normalized spacial score (nSPS) is 15.3. The second-order valence-corrected chi connectivity index (χ2v) is 12.1. The second kappa shape index (κ2) is 9.78. The number of carbonyl (C=O) groups excluding carboxylic acids is 1. The molecule has 2 aromatic carbocycles. The molecule has 0 atom stereocenters. The number of hydrogen-bond donors (Lipinski definition) is 1. The van der Waals surface area contributed by atoms with Crippen LogP contribution in [0.2, 0.25) is 0 Å². The van der Waals surface area contributed by atoms with Crippen molar-refractivity contribution in [2.45, 2.75) is 29.2 Å². The number of likely N-dealkylation sites (N-methyl/N-ethyl adjacent to an activating group) is 1. The van der Waals surface area contributed by atoms with E-state index >= 15 is 0 Å². The van der Waals surface area contributed by atoms with Gasteiger partial charge >= 0.3 is 0 Å². The molecular formula is C20H24BrN3O5S2. The van der Waals surface area contributed by atoms with Gasteiger partial charge in [0.2, 0.25) is 26.0 Å². The number of carbonyl (C=O) groups is 1. The minimum Gasteiger partial charge on any atom is -0.351 e. The number of benzene rings is 2. The monoisotopic (exact) mass is 529 g/mol. The Morgan fingerprint density at radius 2 is 1.52 bits per heavy atom. The van der Waals surface area contributed by atoms with Gasteiger partial charge in [-0.25, -0.2) is 16.8 Å². The fraction of sp³-hybridized carbons (Fsp3) is 0.350. The Bertz CT molecular complexity index is 1130. The number of nitrogens with zero attached hydrogens (tertiary/aromatic N) is 2. The van der Waals surface area contributed by atoms with Gasteiger partial charge in [-0.2, -0.15) is 8.61 Å². The average Bonchev–Trinajstić information content (AvgIpc) is 3.29. The molecule has 31 heavy (non-hydrogen) atoms. The van der Waals surface area contributed by atoms with Crippen LogP contribution >= 0.6 is 15.9 Å². The van der Waals surface area contributed by atoms with Crippen LogP contribution in [-0.2, 0) is 31.4 Å². The lowest BCUT2D eigenvalue weighted by atomic mass is 10.2. The summed E-state index contributed by atoms with van der Waals surface area (Å²) in [5, 5.41) is 2.66. The zero-order valence-electron chi connectivity index (χ0n) is 17.0. The topological polar surface area (TPSA) is 104 Å². The second-order valence-electron chi connectivity index (χ2n) is 7.25. The SMILES string of the molecule is CN(CC(=O)NCc1ccc(S(=O)(=O)N2CCCC2)cc1)S(=O)(=O)c1ccc(Br)cc1. The number of hydrogen-bond acceptors (Lipinski definition) is 5. The van der Waals surface area contributed by atoms with Crippen molar-refractivity contribution >= 4 is 41.9 Å². The molecule has 8 nitrogen and oxygen atoms in total. The first-order valence-electron chi connectivity index (χ1n) is 9.68. The van der Waals surface area contributed by atoms with Gasteiger partial charge in [0.15, 0.2) is 0 Å². The lowest BCUT2D eigenvalue weighted by molar-refractivity contribution is -0.121. The first kappa shape index (κ1) is 23.9. The largest absolute Gasteiger partial charge is 0.351 e. The van der Waals surface area contributed by atoms with E-state index in [1.165, 1.54) is 35.6 Å². The number of amides is 1. The van der Waals surface area contributed by atoms with Gasteiger partial charge in [0.1, 0.15) is 0 Å². The van der Waals surface area contributed by atoms with Crippen molar-refractivity contribution in [3.05, 3.63) is 58.6 Å². The summed E-state index contributed by atoms with van der Waals surface area (Å²) in [6, 6.07) is 12.5. The quantitative estimate of drug-likeness (QED) is 0.564. The highest BCUT2D eigenvalue weighted by atomic mass is 79.9. The average molecular weight is 530 g/mol. The van der Waals surface area contributed by atoms with Gasteiger partial charge in [-0.3, -0.25) is 4.79 Å². The van der Waals surface area contributed by atoms with Gasteiger partial charge in [0, 0.05) is 31.2 Å². The van der Waals surface area contributed by atoms with E-state index in [1.807, 2.05) is 0 Å². The summed E-state index contributed by atoms with van der Waals surface area (Å²) in [4.78, 5) is 12.6. The standard InChI is InChI=1S/C20H24BrN3O5S2/c1-23(30(26,27)18-10-6-17(21)7-11-18)15-20(25)22-14-16-4-8-19(9-5-16)31(28,29)24-12-2-3-13-24/h4-11H,2-3,12-15H2,1H3,(H,22,25). The van der Waals surface area contributed by atoms with Crippen molar-refractivity contribution in [2.75, 3.05) is 26.7 Å². The molecule has 0 aliphatic carbocycles.